The number of nitrogens with zero attached hydrogens (tertiary/aromatic N) is 4. The van der Waals surface area contributed by atoms with Crippen molar-refractivity contribution in [3.63, 3.8) is 0 Å². The highest BCUT2D eigenvalue weighted by molar-refractivity contribution is 5.84. The van der Waals surface area contributed by atoms with E-state index in [0.29, 0.717) is 16.9 Å². The van der Waals surface area contributed by atoms with E-state index in [2.05, 4.69) is 22.0 Å². The fraction of sp³-hybridized carbons (Fsp3) is 0.440. The van der Waals surface area contributed by atoms with Gasteiger partial charge in [0.1, 0.15) is 23.1 Å². The molecule has 3 aliphatic carbocycles. The van der Waals surface area contributed by atoms with Crippen molar-refractivity contribution in [3.8, 4) is 11.3 Å². The third kappa shape index (κ3) is 3.53. The monoisotopic (exact) mass is 445 g/mol. The summed E-state index contributed by atoms with van der Waals surface area (Å²) in [4.78, 5) is 16.1. The Hall–Kier alpha value is -3.44. The predicted molar refractivity (Wildman–Crippen MR) is 123 cm³/mol. The molecule has 3 aromatic rings. The van der Waals surface area contributed by atoms with Crippen LogP contribution in [0.1, 0.15) is 56.2 Å². The summed E-state index contributed by atoms with van der Waals surface area (Å²) >= 11 is 0. The van der Waals surface area contributed by atoms with Crippen molar-refractivity contribution in [1.29, 1.82) is 0 Å². The summed E-state index contributed by atoms with van der Waals surface area (Å²) in [6, 6.07) is 9.02. The van der Waals surface area contributed by atoms with Crippen LogP contribution in [0.25, 0.3) is 16.1 Å². The van der Waals surface area contributed by atoms with Gasteiger partial charge in [-0.2, -0.15) is 5.10 Å². The fourth-order valence-electron chi connectivity index (χ4n) is 5.64. The predicted octanol–water partition coefficient (Wildman–Crippen LogP) is 4.02. The average Bonchev–Trinajstić information content (AvgIpc) is 3.34. The zero-order valence-corrected chi connectivity index (χ0v) is 18.8. The number of rotatable bonds is 8. The van der Waals surface area contributed by atoms with E-state index in [4.69, 9.17) is 16.8 Å². The minimum atomic E-state index is -0.328. The molecule has 0 radical (unpaired) electrons. The lowest BCUT2D eigenvalue weighted by Gasteiger charge is -2.68. The van der Waals surface area contributed by atoms with Gasteiger partial charge in [0.15, 0.2) is 0 Å². The molecule has 2 bridgehead atoms. The van der Waals surface area contributed by atoms with E-state index in [-0.39, 0.29) is 48.2 Å². The van der Waals surface area contributed by atoms with Gasteiger partial charge < -0.3 is 15.4 Å². The fourth-order valence-corrected chi connectivity index (χ4v) is 5.64. The Morgan fingerprint density at radius 1 is 1.30 bits per heavy atom. The zero-order chi connectivity index (χ0) is 23.4. The van der Waals surface area contributed by atoms with Crippen LogP contribution in [0.2, 0.25) is 0 Å². The number of hydrogen-bond donors (Lipinski definition) is 2. The summed E-state index contributed by atoms with van der Waals surface area (Å²) in [7, 11) is 0. The molecular formula is C25H27N5O3. The second-order valence-corrected chi connectivity index (χ2v) is 10.1. The first kappa shape index (κ1) is 21.4. The van der Waals surface area contributed by atoms with Gasteiger partial charge in [-0.25, -0.2) is 4.85 Å². The molecule has 0 spiro atoms. The molecule has 8 heteroatoms. The third-order valence-corrected chi connectivity index (χ3v) is 7.11. The summed E-state index contributed by atoms with van der Waals surface area (Å²) in [6.45, 7) is 11.4. The van der Waals surface area contributed by atoms with Gasteiger partial charge in [0.25, 0.3) is 5.69 Å². The molecule has 3 fully saturated rings. The van der Waals surface area contributed by atoms with Crippen molar-refractivity contribution in [3.05, 3.63) is 58.8 Å². The first-order valence-electron chi connectivity index (χ1n) is 11.2. The average molecular weight is 446 g/mol. The van der Waals surface area contributed by atoms with Crippen LogP contribution in [0.3, 0.4) is 0 Å². The molecule has 1 unspecified atom stereocenters. The van der Waals surface area contributed by atoms with Gasteiger partial charge in [-0.15, -0.1) is 0 Å². The Morgan fingerprint density at radius 2 is 2.00 bits per heavy atom. The molecule has 33 heavy (non-hydrogen) atoms. The van der Waals surface area contributed by atoms with Gasteiger partial charge >= 0.3 is 0 Å². The van der Waals surface area contributed by atoms with E-state index >= 15 is 0 Å². The van der Waals surface area contributed by atoms with Crippen molar-refractivity contribution >= 4 is 17.3 Å². The molecule has 2 aromatic heterocycles. The van der Waals surface area contributed by atoms with Gasteiger partial charge in [-0.1, -0.05) is 36.3 Å². The van der Waals surface area contributed by atoms with E-state index in [1.807, 2.05) is 30.3 Å². The highest BCUT2D eigenvalue weighted by Gasteiger charge is 2.66. The number of Topliss-reactive ketones (excluding diaryl/α,β-unsaturated/α-hetero) is 1. The molecule has 1 aromatic carbocycles. The number of anilines is 1. The molecule has 3 saturated carbocycles. The maximum atomic E-state index is 12.6. The van der Waals surface area contributed by atoms with E-state index in [9.17, 15) is 9.90 Å². The molecular weight excluding hydrogens is 418 g/mol. The third-order valence-electron chi connectivity index (χ3n) is 7.11. The topological polar surface area (TPSA) is 112 Å². The number of nitrogens with two attached hydrogens (primary N) is 1. The molecule has 3 N–H and O–H groups in total. The number of aliphatic hydroxyl groups excluding tert-OH is 1. The number of aliphatic hydroxyl groups is 1. The van der Waals surface area contributed by atoms with Crippen LogP contribution < -0.4 is 5.73 Å². The minimum Gasteiger partial charge on any atom is -0.394 e. The molecule has 170 valence electrons. The lowest BCUT2D eigenvalue weighted by molar-refractivity contribution is -0.129. The van der Waals surface area contributed by atoms with Gasteiger partial charge in [-0.05, 0) is 42.7 Å². The summed E-state index contributed by atoms with van der Waals surface area (Å²) in [5.74, 6) is 0.921. The molecule has 3 aliphatic rings. The van der Waals surface area contributed by atoms with Gasteiger partial charge in [0.05, 0.1) is 31.3 Å². The Morgan fingerprint density at radius 3 is 2.61 bits per heavy atom. The van der Waals surface area contributed by atoms with Gasteiger partial charge in [-0.3, -0.25) is 9.48 Å². The molecule has 1 atom stereocenters. The second kappa shape index (κ2) is 7.56. The summed E-state index contributed by atoms with van der Waals surface area (Å²) in [5, 5.41) is 18.1. The van der Waals surface area contributed by atoms with Crippen molar-refractivity contribution < 1.29 is 14.4 Å². The maximum Gasteiger partial charge on any atom is 0.254 e. The van der Waals surface area contributed by atoms with Gasteiger partial charge in [0, 0.05) is 17.9 Å². The lowest BCUT2D eigenvalue weighted by atomic mass is 9.35. The number of hydrogen-bond acceptors (Lipinski definition) is 6. The number of nitrogen functional groups attached to an aromatic ring is 1. The molecule has 6 rings (SSSR count). The van der Waals surface area contributed by atoms with Crippen LogP contribution in [0, 0.1) is 12.0 Å². The van der Waals surface area contributed by atoms with Crippen LogP contribution >= 0.6 is 0 Å². The Kier molecular flexibility index (Phi) is 4.91. The summed E-state index contributed by atoms with van der Waals surface area (Å²) < 4.78 is 6.93. The van der Waals surface area contributed by atoms with E-state index in [1.165, 1.54) is 23.9 Å². The summed E-state index contributed by atoms with van der Waals surface area (Å²) in [5.41, 5.74) is 10.1. The van der Waals surface area contributed by atoms with Crippen molar-refractivity contribution in [1.82, 2.24) is 14.9 Å². The lowest BCUT2D eigenvalue weighted by Crippen LogP contribution is -2.63. The maximum absolute atomic E-state index is 12.6. The molecule has 0 saturated heterocycles. The SMILES string of the molecule is [C-]#[N+]c1c(-c2ccc(CC(=O)Cc3cc(C45CC(C)(C4)C5)no3)cc2)nn(C(C)CO)c1N. The highest BCUT2D eigenvalue weighted by Crippen LogP contribution is 2.73. The normalized spacial score (nSPS) is 23.9. The van der Waals surface area contributed by atoms with Crippen LogP contribution in [0.5, 0.6) is 0 Å². The molecule has 0 aliphatic heterocycles. The second-order valence-electron chi connectivity index (χ2n) is 10.1. The van der Waals surface area contributed by atoms with Crippen LogP contribution in [-0.2, 0) is 23.1 Å². The number of carbonyl (C=O) groups excluding carboxylic acids is 1. The van der Waals surface area contributed by atoms with Crippen molar-refractivity contribution in [2.24, 2.45) is 5.41 Å². The van der Waals surface area contributed by atoms with E-state index in [1.54, 1.807) is 6.92 Å². The Balaban J connectivity index is 1.25. The first-order valence-corrected chi connectivity index (χ1v) is 11.2. The number of carbonyl (C=O) groups is 1. The van der Waals surface area contributed by atoms with E-state index < -0.39 is 0 Å². The largest absolute Gasteiger partial charge is 0.394 e. The quantitative estimate of drug-likeness (QED) is 0.507. The standard InChI is InChI=1S/C25H27N5O3/c1-15(11-31)30-23(26)22(27-3)21(28-30)17-6-4-16(5-7-17)8-18(32)9-19-10-20(29-33-19)25-12-24(2,13-25)14-25/h4-7,10,15,31H,8-9,11-14,26H2,1-2H3. The Labute approximate surface area is 192 Å². The summed E-state index contributed by atoms with van der Waals surface area (Å²) in [6.07, 6.45) is 4.02. The highest BCUT2D eigenvalue weighted by atomic mass is 16.5. The van der Waals surface area contributed by atoms with Crippen LogP contribution in [0.4, 0.5) is 11.5 Å². The van der Waals surface area contributed by atoms with Crippen molar-refractivity contribution in [2.45, 2.75) is 57.4 Å². The van der Waals surface area contributed by atoms with Crippen molar-refractivity contribution in [2.75, 3.05) is 12.3 Å². The zero-order valence-electron chi connectivity index (χ0n) is 18.8. The minimum absolute atomic E-state index is 0.0575. The number of benzene rings is 1. The van der Waals surface area contributed by atoms with Crippen LogP contribution in [0.15, 0.2) is 34.9 Å². The van der Waals surface area contributed by atoms with E-state index in [0.717, 1.165) is 16.8 Å². The van der Waals surface area contributed by atoms with Crippen LogP contribution in [-0.4, -0.2) is 32.4 Å². The van der Waals surface area contributed by atoms with Gasteiger partial charge in [0.2, 0.25) is 0 Å². The molecule has 2 heterocycles. The number of ketones is 1. The Bertz CT molecular complexity index is 1240. The molecule has 0 amide bonds. The first-order chi connectivity index (χ1) is 15.8. The smallest absolute Gasteiger partial charge is 0.254 e. The number of aromatic nitrogens is 3. The molecule has 8 nitrogen and oxygen atoms in total.